The number of hydrogen-bond acceptors (Lipinski definition) is 7. The number of rotatable bonds is 5. The largest absolute Gasteiger partial charge is 0.468 e. The zero-order valence-electron chi connectivity index (χ0n) is 13.9. The van der Waals surface area contributed by atoms with E-state index in [-0.39, 0.29) is 11.5 Å². The number of ether oxygens (including phenoxy) is 1. The molecule has 1 aliphatic heterocycles. The molecule has 0 spiro atoms. The molecule has 1 saturated heterocycles. The van der Waals surface area contributed by atoms with E-state index in [4.69, 9.17) is 16.1 Å². The van der Waals surface area contributed by atoms with E-state index < -0.39 is 5.82 Å². The van der Waals surface area contributed by atoms with Crippen molar-refractivity contribution < 1.29 is 18.4 Å². The first kappa shape index (κ1) is 19.3. The average molecular weight is 371 g/mol. The molecule has 0 aliphatic carbocycles. The molecule has 136 valence electrons. The van der Waals surface area contributed by atoms with Gasteiger partial charge in [0.1, 0.15) is 5.82 Å². The van der Waals surface area contributed by atoms with Crippen LogP contribution in [-0.4, -0.2) is 54.3 Å². The van der Waals surface area contributed by atoms with Crippen molar-refractivity contribution in [3.05, 3.63) is 34.9 Å². The van der Waals surface area contributed by atoms with Crippen molar-refractivity contribution in [3.8, 4) is 11.5 Å². The van der Waals surface area contributed by atoms with Crippen LogP contribution in [0.15, 0.2) is 22.7 Å². The third kappa shape index (κ3) is 6.08. The molecule has 0 atom stereocenters. The second-order valence-electron chi connectivity index (χ2n) is 5.22. The van der Waals surface area contributed by atoms with Crippen LogP contribution in [0.3, 0.4) is 0 Å². The van der Waals surface area contributed by atoms with Gasteiger partial charge in [0.25, 0.3) is 12.4 Å². The first-order valence-electron chi connectivity index (χ1n) is 7.90. The van der Waals surface area contributed by atoms with Crippen molar-refractivity contribution in [2.75, 3.05) is 32.8 Å². The van der Waals surface area contributed by atoms with E-state index in [1.54, 1.807) is 6.92 Å². The maximum absolute atomic E-state index is 13.7. The Morgan fingerprint density at radius 2 is 2.20 bits per heavy atom. The van der Waals surface area contributed by atoms with Gasteiger partial charge in [0.2, 0.25) is 0 Å². The summed E-state index contributed by atoms with van der Waals surface area (Å²) in [5.41, 5.74) is 0.233. The van der Waals surface area contributed by atoms with Crippen molar-refractivity contribution in [2.45, 2.75) is 13.5 Å². The highest BCUT2D eigenvalue weighted by atomic mass is 35.5. The number of nitrogens with one attached hydrogen (secondary N) is 1. The number of aromatic nitrogens is 2. The highest BCUT2D eigenvalue weighted by Gasteiger charge is 2.17. The molecule has 1 aromatic carbocycles. The van der Waals surface area contributed by atoms with Gasteiger partial charge in [-0.2, -0.15) is 4.98 Å². The van der Waals surface area contributed by atoms with Crippen molar-refractivity contribution in [3.63, 3.8) is 0 Å². The minimum absolute atomic E-state index is 0.162. The van der Waals surface area contributed by atoms with E-state index in [9.17, 15) is 9.18 Å². The summed E-state index contributed by atoms with van der Waals surface area (Å²) in [6.45, 7) is 7.05. The summed E-state index contributed by atoms with van der Waals surface area (Å²) >= 11 is 5.86. The molecule has 0 amide bonds. The lowest BCUT2D eigenvalue weighted by Gasteiger charge is -2.25. The van der Waals surface area contributed by atoms with Crippen molar-refractivity contribution in [1.82, 2.24) is 20.4 Å². The fraction of sp³-hybridized carbons (Fsp3) is 0.438. The SMILES string of the molecule is CCOC=O.Fc1ccc(Cl)cc1-c1nc(CN2CCNCC2)no1. The Labute approximate surface area is 150 Å². The van der Waals surface area contributed by atoms with Gasteiger partial charge in [-0.1, -0.05) is 16.8 Å². The molecule has 1 fully saturated rings. The van der Waals surface area contributed by atoms with Crippen LogP contribution in [0.5, 0.6) is 0 Å². The standard InChI is InChI=1S/C13H14ClFN4O.C3H6O2/c14-9-1-2-11(15)10(7-9)13-17-12(18-20-13)8-19-5-3-16-4-6-19;1-2-5-3-4/h1-2,7,16H,3-6,8H2;3H,2H2,1H3. The maximum atomic E-state index is 13.7. The minimum Gasteiger partial charge on any atom is -0.468 e. The summed E-state index contributed by atoms with van der Waals surface area (Å²) in [5, 5.41) is 7.61. The van der Waals surface area contributed by atoms with Crippen LogP contribution < -0.4 is 5.32 Å². The van der Waals surface area contributed by atoms with Gasteiger partial charge in [-0.15, -0.1) is 0 Å². The molecule has 1 aliphatic rings. The van der Waals surface area contributed by atoms with E-state index >= 15 is 0 Å². The van der Waals surface area contributed by atoms with E-state index in [1.807, 2.05) is 0 Å². The fourth-order valence-electron chi connectivity index (χ4n) is 2.23. The van der Waals surface area contributed by atoms with Gasteiger partial charge >= 0.3 is 0 Å². The second-order valence-corrected chi connectivity index (χ2v) is 5.65. The summed E-state index contributed by atoms with van der Waals surface area (Å²) in [7, 11) is 0. The van der Waals surface area contributed by atoms with Gasteiger partial charge in [0.15, 0.2) is 5.82 Å². The number of nitrogens with zero attached hydrogens (tertiary/aromatic N) is 3. The van der Waals surface area contributed by atoms with Crippen LogP contribution in [0, 0.1) is 5.82 Å². The van der Waals surface area contributed by atoms with Crippen LogP contribution in [0.2, 0.25) is 5.02 Å². The molecule has 0 bridgehead atoms. The average Bonchev–Trinajstić information content (AvgIpc) is 3.07. The Kier molecular flexibility index (Phi) is 7.77. The second kappa shape index (κ2) is 10.1. The zero-order valence-corrected chi connectivity index (χ0v) is 14.6. The molecule has 1 N–H and O–H groups in total. The number of carbonyl (C=O) groups excluding carboxylic acids is 1. The lowest BCUT2D eigenvalue weighted by molar-refractivity contribution is -0.128. The third-order valence-electron chi connectivity index (χ3n) is 3.44. The summed E-state index contributed by atoms with van der Waals surface area (Å²) < 4.78 is 23.0. The molecule has 3 rings (SSSR count). The van der Waals surface area contributed by atoms with Crippen LogP contribution in [0.1, 0.15) is 12.7 Å². The van der Waals surface area contributed by atoms with Crippen LogP contribution in [0.4, 0.5) is 4.39 Å². The first-order chi connectivity index (χ1) is 12.1. The summed E-state index contributed by atoms with van der Waals surface area (Å²) in [4.78, 5) is 15.6. The number of benzene rings is 1. The first-order valence-corrected chi connectivity index (χ1v) is 8.28. The molecule has 2 aromatic rings. The number of halogens is 2. The quantitative estimate of drug-likeness (QED) is 0.807. The van der Waals surface area contributed by atoms with Crippen LogP contribution >= 0.6 is 11.6 Å². The van der Waals surface area contributed by atoms with Crippen molar-refractivity contribution in [1.29, 1.82) is 0 Å². The Morgan fingerprint density at radius 3 is 2.84 bits per heavy atom. The Morgan fingerprint density at radius 1 is 1.44 bits per heavy atom. The lowest BCUT2D eigenvalue weighted by atomic mass is 10.2. The molecule has 0 saturated carbocycles. The van der Waals surface area contributed by atoms with E-state index in [0.29, 0.717) is 30.5 Å². The van der Waals surface area contributed by atoms with E-state index in [0.717, 1.165) is 26.2 Å². The third-order valence-corrected chi connectivity index (χ3v) is 3.67. The molecular formula is C16H20ClFN4O3. The highest BCUT2D eigenvalue weighted by molar-refractivity contribution is 6.30. The van der Waals surface area contributed by atoms with E-state index in [2.05, 4.69) is 25.1 Å². The molecule has 25 heavy (non-hydrogen) atoms. The van der Waals surface area contributed by atoms with Gasteiger partial charge in [-0.05, 0) is 25.1 Å². The predicted octanol–water partition coefficient (Wildman–Crippen LogP) is 2.11. The Bertz CT molecular complexity index is 677. The molecule has 1 aromatic heterocycles. The monoisotopic (exact) mass is 370 g/mol. The zero-order chi connectivity index (χ0) is 18.1. The molecular weight excluding hydrogens is 351 g/mol. The van der Waals surface area contributed by atoms with Gasteiger partial charge in [-0.25, -0.2) is 4.39 Å². The Balaban J connectivity index is 0.000000399. The van der Waals surface area contributed by atoms with Crippen LogP contribution in [0.25, 0.3) is 11.5 Å². The molecule has 7 nitrogen and oxygen atoms in total. The Hall–Kier alpha value is -2.03. The van der Waals surface area contributed by atoms with Gasteiger partial charge < -0.3 is 14.6 Å². The minimum atomic E-state index is -0.424. The van der Waals surface area contributed by atoms with Crippen molar-refractivity contribution >= 4 is 18.1 Å². The predicted molar refractivity (Wildman–Crippen MR) is 90.5 cm³/mol. The van der Waals surface area contributed by atoms with Gasteiger partial charge in [0.05, 0.1) is 18.7 Å². The fourth-order valence-corrected chi connectivity index (χ4v) is 2.40. The smallest absolute Gasteiger partial charge is 0.293 e. The molecule has 2 heterocycles. The summed E-state index contributed by atoms with van der Waals surface area (Å²) in [5.74, 6) is 0.295. The summed E-state index contributed by atoms with van der Waals surface area (Å²) in [6.07, 6.45) is 0. The van der Waals surface area contributed by atoms with Crippen molar-refractivity contribution in [2.24, 2.45) is 0 Å². The topological polar surface area (TPSA) is 80.5 Å². The number of piperazine rings is 1. The summed E-state index contributed by atoms with van der Waals surface area (Å²) in [6, 6.07) is 4.26. The number of carbonyl (C=O) groups is 1. The lowest BCUT2D eigenvalue weighted by Crippen LogP contribution is -2.43. The molecule has 9 heteroatoms. The molecule has 0 radical (unpaired) electrons. The molecule has 0 unspecified atom stereocenters. The number of hydrogen-bond donors (Lipinski definition) is 1. The van der Waals surface area contributed by atoms with Gasteiger partial charge in [0, 0.05) is 31.2 Å². The highest BCUT2D eigenvalue weighted by Crippen LogP contribution is 2.24. The van der Waals surface area contributed by atoms with Crippen LogP contribution in [-0.2, 0) is 16.1 Å². The maximum Gasteiger partial charge on any atom is 0.293 e. The normalized spacial score (nSPS) is 14.5. The van der Waals surface area contributed by atoms with Gasteiger partial charge in [-0.3, -0.25) is 9.69 Å². The van der Waals surface area contributed by atoms with E-state index in [1.165, 1.54) is 18.2 Å².